The van der Waals surface area contributed by atoms with Crippen molar-refractivity contribution in [1.29, 1.82) is 0 Å². The molecule has 0 saturated carbocycles. The molecule has 7 heteroatoms. The lowest BCUT2D eigenvalue weighted by molar-refractivity contribution is -0.120. The van der Waals surface area contributed by atoms with E-state index in [0.29, 0.717) is 0 Å². The van der Waals surface area contributed by atoms with Crippen LogP contribution in [0.3, 0.4) is 0 Å². The summed E-state index contributed by atoms with van der Waals surface area (Å²) in [6.45, 7) is 6.79. The van der Waals surface area contributed by atoms with Crippen molar-refractivity contribution < 1.29 is 9.59 Å². The third-order valence-electron chi connectivity index (χ3n) is 6.40. The largest absolute Gasteiger partial charge is 0.273 e. The highest BCUT2D eigenvalue weighted by Gasteiger charge is 2.25. The van der Waals surface area contributed by atoms with E-state index in [2.05, 4.69) is 16.1 Å². The highest BCUT2D eigenvalue weighted by atomic mass is 16.2. The molecule has 3 aromatic rings. The fourth-order valence-corrected chi connectivity index (χ4v) is 4.95. The van der Waals surface area contributed by atoms with Gasteiger partial charge < -0.3 is 0 Å². The number of hydrogen-bond donors (Lipinski definition) is 0. The molecule has 2 saturated heterocycles. The maximum absolute atomic E-state index is 12.4. The van der Waals surface area contributed by atoms with E-state index in [9.17, 15) is 9.59 Å². The van der Waals surface area contributed by atoms with Crippen LogP contribution in [-0.4, -0.2) is 53.0 Å². The zero-order valence-electron chi connectivity index (χ0n) is 18.8. The average molecular weight is 432 g/mol. The second-order valence-electron chi connectivity index (χ2n) is 8.73. The number of hydrazine groups is 2. The molecule has 1 aromatic heterocycles. The minimum Gasteiger partial charge on any atom is -0.273 e. The molecule has 0 radical (unpaired) electrons. The van der Waals surface area contributed by atoms with Gasteiger partial charge in [-0.05, 0) is 56.0 Å². The van der Waals surface area contributed by atoms with Crippen molar-refractivity contribution in [2.45, 2.75) is 39.5 Å². The van der Waals surface area contributed by atoms with E-state index in [0.717, 1.165) is 85.0 Å². The topological polar surface area (TPSA) is 60.0 Å². The van der Waals surface area contributed by atoms with E-state index in [-0.39, 0.29) is 11.8 Å². The maximum Gasteiger partial charge on any atom is 0.238 e. The van der Waals surface area contributed by atoms with Gasteiger partial charge in [0.15, 0.2) is 0 Å². The number of nitrogens with zero attached hydrogens (tertiary/aromatic N) is 5. The summed E-state index contributed by atoms with van der Waals surface area (Å²) in [5.74, 6) is 0.0223. The van der Waals surface area contributed by atoms with Crippen molar-refractivity contribution in [3.8, 4) is 0 Å². The smallest absolute Gasteiger partial charge is 0.238 e. The van der Waals surface area contributed by atoms with E-state index in [4.69, 9.17) is 4.98 Å². The van der Waals surface area contributed by atoms with Crippen molar-refractivity contribution >= 4 is 45.0 Å². The maximum atomic E-state index is 12.4. The van der Waals surface area contributed by atoms with E-state index in [1.807, 2.05) is 36.4 Å². The number of hydrogen-bond acceptors (Lipinski definition) is 5. The number of rotatable bonds is 4. The van der Waals surface area contributed by atoms with Gasteiger partial charge in [-0.3, -0.25) is 9.59 Å². The molecule has 0 N–H and O–H groups in total. The fraction of sp³-hybridized carbons (Fsp3) is 0.400. The van der Waals surface area contributed by atoms with Crippen LogP contribution in [0.2, 0.25) is 0 Å². The molecule has 0 unspecified atom stereocenters. The van der Waals surface area contributed by atoms with Gasteiger partial charge >= 0.3 is 0 Å². The molecule has 0 aliphatic carbocycles. The van der Waals surface area contributed by atoms with Gasteiger partial charge in [-0.2, -0.15) is 0 Å². The molecule has 2 aromatic carbocycles. The molecule has 0 spiro atoms. The van der Waals surface area contributed by atoms with Crippen molar-refractivity contribution in [3.63, 3.8) is 0 Å². The monoisotopic (exact) mass is 431 g/mol. The van der Waals surface area contributed by atoms with Crippen LogP contribution >= 0.6 is 0 Å². The predicted octanol–water partition coefficient (Wildman–Crippen LogP) is 4.12. The molecule has 0 bridgehead atoms. The van der Waals surface area contributed by atoms with Gasteiger partial charge in [0, 0.05) is 50.8 Å². The second kappa shape index (κ2) is 8.48. The third-order valence-corrected chi connectivity index (χ3v) is 6.40. The van der Waals surface area contributed by atoms with Gasteiger partial charge in [-0.1, -0.05) is 12.1 Å². The molecule has 3 heterocycles. The Morgan fingerprint density at radius 1 is 0.688 bits per heavy atom. The number of carbonyl (C=O) groups is 2. The highest BCUT2D eigenvalue weighted by molar-refractivity contribution is 5.99. The van der Waals surface area contributed by atoms with E-state index >= 15 is 0 Å². The van der Waals surface area contributed by atoms with Crippen LogP contribution in [0.4, 0.5) is 11.4 Å². The molecule has 2 amide bonds. The van der Waals surface area contributed by atoms with Crippen LogP contribution in [0.1, 0.15) is 39.5 Å². The second-order valence-corrected chi connectivity index (χ2v) is 8.73. The number of carbonyl (C=O) groups excluding carboxylic acids is 2. The minimum absolute atomic E-state index is 0.0111. The van der Waals surface area contributed by atoms with Gasteiger partial charge in [0.2, 0.25) is 11.8 Å². The van der Waals surface area contributed by atoms with E-state index < -0.39 is 0 Å². The zero-order chi connectivity index (χ0) is 22.2. The minimum atomic E-state index is 0.0111. The molecule has 0 atom stereocenters. The molecular weight excluding hydrogens is 402 g/mol. The molecule has 166 valence electrons. The lowest BCUT2D eigenvalue weighted by Gasteiger charge is -2.31. The van der Waals surface area contributed by atoms with Gasteiger partial charge in [0.25, 0.3) is 0 Å². The molecule has 2 fully saturated rings. The molecule has 32 heavy (non-hydrogen) atoms. The van der Waals surface area contributed by atoms with Crippen molar-refractivity contribution in [1.82, 2.24) is 15.0 Å². The summed E-state index contributed by atoms with van der Waals surface area (Å²) in [5.41, 5.74) is 3.37. The van der Waals surface area contributed by atoms with E-state index in [1.165, 1.54) is 0 Å². The molecule has 5 rings (SSSR count). The number of benzene rings is 2. The van der Waals surface area contributed by atoms with Crippen LogP contribution in [0.5, 0.6) is 0 Å². The van der Waals surface area contributed by atoms with Gasteiger partial charge in [0.05, 0.1) is 22.4 Å². The number of amides is 2. The van der Waals surface area contributed by atoms with Gasteiger partial charge in [-0.25, -0.2) is 25.0 Å². The summed E-state index contributed by atoms with van der Waals surface area (Å²) in [5, 5.41) is 9.84. The van der Waals surface area contributed by atoms with Crippen LogP contribution in [0.15, 0.2) is 42.5 Å². The highest BCUT2D eigenvalue weighted by Crippen LogP contribution is 2.29. The molecule has 7 nitrogen and oxygen atoms in total. The summed E-state index contributed by atoms with van der Waals surface area (Å²) in [7, 11) is 0. The number of fused-ring (bicyclic) bond motifs is 2. The SMILES string of the molecule is CC(=O)N(c1ccc2cc3ccc(N(C(C)=O)N4CCCC4)cc3nc2c1)N1CCCC1. The van der Waals surface area contributed by atoms with Crippen LogP contribution in [0.25, 0.3) is 21.8 Å². The number of pyridine rings is 1. The number of aromatic nitrogens is 1. The van der Waals surface area contributed by atoms with Crippen LogP contribution in [0, 0.1) is 0 Å². The summed E-state index contributed by atoms with van der Waals surface area (Å²) in [6.07, 6.45) is 4.42. The van der Waals surface area contributed by atoms with Crippen molar-refractivity contribution in [2.75, 3.05) is 36.2 Å². The predicted molar refractivity (Wildman–Crippen MR) is 127 cm³/mol. The summed E-state index contributed by atoms with van der Waals surface area (Å²) in [6, 6.07) is 14.2. The Bertz CT molecular complexity index is 1090. The lowest BCUT2D eigenvalue weighted by atomic mass is 10.1. The molecule has 2 aliphatic heterocycles. The first-order valence-electron chi connectivity index (χ1n) is 11.5. The summed E-state index contributed by atoms with van der Waals surface area (Å²) in [4.78, 5) is 29.7. The van der Waals surface area contributed by atoms with E-state index in [1.54, 1.807) is 23.9 Å². The Hall–Kier alpha value is -3.03. The molecule has 2 aliphatic rings. The Balaban J connectivity index is 1.56. The first-order chi connectivity index (χ1) is 15.5. The standard InChI is InChI=1S/C25H29N5O2/c1-18(31)29(27-11-3-4-12-27)22-9-7-20-15-21-8-10-23(17-25(21)26-24(20)16-22)30(19(2)32)28-13-5-6-14-28/h7-10,15-17H,3-6,11-14H2,1-2H3. The fourth-order valence-electron chi connectivity index (χ4n) is 4.95. The summed E-state index contributed by atoms with van der Waals surface area (Å²) >= 11 is 0. The first-order valence-corrected chi connectivity index (χ1v) is 11.5. The van der Waals surface area contributed by atoms with Crippen molar-refractivity contribution in [3.05, 3.63) is 42.5 Å². The van der Waals surface area contributed by atoms with Gasteiger partial charge in [0.1, 0.15) is 0 Å². The lowest BCUT2D eigenvalue weighted by Crippen LogP contribution is -2.44. The van der Waals surface area contributed by atoms with Crippen molar-refractivity contribution in [2.24, 2.45) is 0 Å². The van der Waals surface area contributed by atoms with Gasteiger partial charge in [-0.15, -0.1) is 0 Å². The zero-order valence-corrected chi connectivity index (χ0v) is 18.8. The third kappa shape index (κ3) is 3.82. The normalized spacial score (nSPS) is 17.3. The number of anilines is 2. The average Bonchev–Trinajstić information content (AvgIpc) is 3.47. The van der Waals surface area contributed by atoms with Crippen LogP contribution < -0.4 is 10.0 Å². The quantitative estimate of drug-likeness (QED) is 0.582. The van der Waals surface area contributed by atoms with Crippen LogP contribution in [-0.2, 0) is 9.59 Å². The Morgan fingerprint density at radius 2 is 1.09 bits per heavy atom. The Kier molecular flexibility index (Phi) is 5.53. The first kappa shape index (κ1) is 20.8. The Labute approximate surface area is 188 Å². The Morgan fingerprint density at radius 3 is 1.47 bits per heavy atom. The molecular formula is C25H29N5O2. The summed E-state index contributed by atoms with van der Waals surface area (Å²) < 4.78 is 0.